The lowest BCUT2D eigenvalue weighted by molar-refractivity contribution is 0.522. The Hall–Kier alpha value is -2.37. The van der Waals surface area contributed by atoms with Crippen LogP contribution in [-0.4, -0.2) is 53.1 Å². The van der Waals surface area contributed by atoms with Crippen LogP contribution in [-0.2, 0) is 22.3 Å². The first kappa shape index (κ1) is 19.0. The minimum absolute atomic E-state index is 0.163. The van der Waals surface area contributed by atoms with Gasteiger partial charge in [-0.2, -0.15) is 5.10 Å². The molecule has 28 heavy (non-hydrogen) atoms. The lowest BCUT2D eigenvalue weighted by Gasteiger charge is -2.36. The Kier molecular flexibility index (Phi) is 4.28. The Morgan fingerprint density at radius 1 is 1.39 bits per heavy atom. The molecule has 0 fully saturated rings. The molecule has 2 N–H and O–H groups in total. The molecule has 0 aliphatic carbocycles. The van der Waals surface area contributed by atoms with Crippen LogP contribution in [0.3, 0.4) is 0 Å². The maximum Gasteiger partial charge on any atom is 0.258 e. The molecule has 2 atom stereocenters. The summed E-state index contributed by atoms with van der Waals surface area (Å²) < 4.78 is 21.7. The predicted molar refractivity (Wildman–Crippen MR) is 112 cm³/mol. The van der Waals surface area contributed by atoms with Crippen molar-refractivity contribution in [1.82, 2.24) is 24.3 Å². The lowest BCUT2D eigenvalue weighted by Crippen LogP contribution is -2.50. The minimum atomic E-state index is -2.60. The molecule has 3 aromatic heterocycles. The van der Waals surface area contributed by atoms with Crippen LogP contribution in [0.1, 0.15) is 11.8 Å². The smallest absolute Gasteiger partial charge is 0.258 e. The molecule has 0 amide bonds. The highest BCUT2D eigenvalue weighted by Gasteiger charge is 2.40. The number of aliphatic imine (C=N–C) groups is 1. The highest BCUT2D eigenvalue weighted by Crippen LogP contribution is 2.44. The first-order valence-corrected chi connectivity index (χ1v) is 11.2. The number of thiophene rings is 1. The van der Waals surface area contributed by atoms with Crippen LogP contribution in [0.25, 0.3) is 22.2 Å². The number of hydrogen-bond acceptors (Lipinski definition) is 8. The van der Waals surface area contributed by atoms with Crippen molar-refractivity contribution in [1.29, 1.82) is 0 Å². The molecule has 1 aliphatic heterocycles. The number of halogens is 1. The van der Waals surface area contributed by atoms with E-state index in [9.17, 15) is 4.21 Å². The Labute approximate surface area is 171 Å². The topological polar surface area (TPSA) is 115 Å². The maximum atomic E-state index is 12.9. The number of hydrogen-bond donors (Lipinski definition) is 1. The molecule has 0 saturated heterocycles. The van der Waals surface area contributed by atoms with Crippen molar-refractivity contribution in [3.63, 3.8) is 0 Å². The van der Waals surface area contributed by atoms with E-state index in [1.54, 1.807) is 37.2 Å². The van der Waals surface area contributed by atoms with Gasteiger partial charge in [-0.25, -0.2) is 9.20 Å². The van der Waals surface area contributed by atoms with Crippen LogP contribution in [0.15, 0.2) is 27.9 Å². The average molecular weight is 440 g/mol. The van der Waals surface area contributed by atoms with E-state index in [0.717, 1.165) is 10.4 Å². The van der Waals surface area contributed by atoms with Gasteiger partial charge in [0, 0.05) is 20.3 Å². The fourth-order valence-corrected chi connectivity index (χ4v) is 6.30. The second-order valence-corrected chi connectivity index (χ2v) is 10.6. The van der Waals surface area contributed by atoms with Gasteiger partial charge < -0.3 is 10.2 Å². The maximum absolute atomic E-state index is 12.9. The quantitative estimate of drug-likeness (QED) is 0.623. The van der Waals surface area contributed by atoms with Crippen molar-refractivity contribution in [3.8, 4) is 22.2 Å². The highest BCUT2D eigenvalue weighted by atomic mass is 35.5. The van der Waals surface area contributed by atoms with Gasteiger partial charge >= 0.3 is 0 Å². The molecule has 0 saturated carbocycles. The number of nitrogens with two attached hydrogens (primary N) is 1. The van der Waals surface area contributed by atoms with Crippen LogP contribution in [0.4, 0.5) is 0 Å². The Bertz CT molecular complexity index is 1190. The average Bonchev–Trinajstić information content (AvgIpc) is 3.31. The van der Waals surface area contributed by atoms with E-state index < -0.39 is 15.2 Å². The summed E-state index contributed by atoms with van der Waals surface area (Å²) in [6.45, 7) is 1.84. The summed E-state index contributed by atoms with van der Waals surface area (Å²) in [5.41, 5.74) is 5.84. The number of rotatable bonds is 3. The molecule has 0 aromatic carbocycles. The Morgan fingerprint density at radius 3 is 2.75 bits per heavy atom. The van der Waals surface area contributed by atoms with Crippen LogP contribution in [0.5, 0.6) is 0 Å². The van der Waals surface area contributed by atoms with Crippen LogP contribution >= 0.6 is 22.9 Å². The van der Waals surface area contributed by atoms with E-state index in [-0.39, 0.29) is 11.7 Å². The largest absolute Gasteiger partial charge is 0.415 e. The van der Waals surface area contributed by atoms with E-state index >= 15 is 0 Å². The normalized spacial score (nSPS) is 25.1. The van der Waals surface area contributed by atoms with Gasteiger partial charge in [0.1, 0.15) is 5.54 Å². The number of nitrogens with zero attached hydrogens (tertiary/aromatic N) is 6. The van der Waals surface area contributed by atoms with Crippen molar-refractivity contribution in [2.24, 2.45) is 17.8 Å². The van der Waals surface area contributed by atoms with Gasteiger partial charge in [-0.1, -0.05) is 11.6 Å². The van der Waals surface area contributed by atoms with Crippen molar-refractivity contribution >= 4 is 44.5 Å². The first-order chi connectivity index (χ1) is 13.1. The second kappa shape index (κ2) is 6.33. The monoisotopic (exact) mass is 439 g/mol. The fourth-order valence-electron chi connectivity index (χ4n) is 2.99. The molecule has 9 nitrogen and oxygen atoms in total. The third-order valence-electron chi connectivity index (χ3n) is 4.45. The van der Waals surface area contributed by atoms with Crippen LogP contribution in [0, 0.1) is 0 Å². The summed E-state index contributed by atoms with van der Waals surface area (Å²) in [4.78, 5) is 5.94. The molecule has 1 aliphatic rings. The van der Waals surface area contributed by atoms with E-state index in [0.29, 0.717) is 21.7 Å². The minimum Gasteiger partial charge on any atom is -0.415 e. The third kappa shape index (κ3) is 3.09. The predicted octanol–water partition coefficient (Wildman–Crippen LogP) is 1.96. The summed E-state index contributed by atoms with van der Waals surface area (Å²) in [5, 5.41) is 12.8. The van der Waals surface area contributed by atoms with Crippen molar-refractivity contribution in [2.75, 3.05) is 12.8 Å². The summed E-state index contributed by atoms with van der Waals surface area (Å²) in [5.74, 6) is 4.88. The number of aryl methyl sites for hydroxylation is 1. The van der Waals surface area contributed by atoms with Gasteiger partial charge in [-0.15, -0.1) is 21.5 Å². The molecule has 4 rings (SSSR count). The Morgan fingerprint density at radius 2 is 2.11 bits per heavy atom. The zero-order valence-corrected chi connectivity index (χ0v) is 17.8. The molecule has 0 bridgehead atoms. The molecule has 0 spiro atoms. The van der Waals surface area contributed by atoms with Gasteiger partial charge in [0.05, 0.1) is 42.0 Å². The Balaban J connectivity index is 1.73. The molecule has 3 aromatic rings. The summed E-state index contributed by atoms with van der Waals surface area (Å²) in [6.07, 6.45) is 3.43. The standard InChI is InChI=1S/C16H18ClN7O2S2/c1-16(8-28(4,25)24(3)15(18)20-16)12-10(17)5-11(27-12)14-22-21-13(26-14)9-6-19-23(2)7-9/h5-7H,4,8H2,1-3H3,(H2,18,20)/t16-,28?/m0/s1. The molecule has 148 valence electrons. The van der Waals surface area contributed by atoms with Crippen molar-refractivity contribution in [3.05, 3.63) is 28.4 Å². The molecule has 1 unspecified atom stereocenters. The highest BCUT2D eigenvalue weighted by molar-refractivity contribution is 7.98. The van der Waals surface area contributed by atoms with Gasteiger partial charge in [-0.05, 0) is 18.9 Å². The van der Waals surface area contributed by atoms with Crippen LogP contribution < -0.4 is 5.73 Å². The van der Waals surface area contributed by atoms with Gasteiger partial charge in [0.25, 0.3) is 11.8 Å². The van der Waals surface area contributed by atoms with E-state index in [1.165, 1.54) is 15.6 Å². The summed E-state index contributed by atoms with van der Waals surface area (Å²) in [7, 11) is 0.822. The van der Waals surface area contributed by atoms with Gasteiger partial charge in [0.15, 0.2) is 0 Å². The van der Waals surface area contributed by atoms with Crippen molar-refractivity contribution in [2.45, 2.75) is 12.5 Å². The molecule has 4 heterocycles. The first-order valence-electron chi connectivity index (χ1n) is 8.16. The van der Waals surface area contributed by atoms with E-state index in [4.69, 9.17) is 21.8 Å². The molecule has 0 radical (unpaired) electrons. The lowest BCUT2D eigenvalue weighted by atomic mass is 10.0. The molecular weight excluding hydrogens is 422 g/mol. The molecule has 12 heteroatoms. The summed E-state index contributed by atoms with van der Waals surface area (Å²) >= 11 is 7.84. The van der Waals surface area contributed by atoms with Crippen LogP contribution in [0.2, 0.25) is 5.02 Å². The third-order valence-corrected chi connectivity index (χ3v) is 8.44. The van der Waals surface area contributed by atoms with E-state index in [2.05, 4.69) is 26.2 Å². The van der Waals surface area contributed by atoms with Crippen molar-refractivity contribution < 1.29 is 8.63 Å². The van der Waals surface area contributed by atoms with E-state index in [1.807, 2.05) is 6.92 Å². The SMILES string of the molecule is C=S1(=O)C[C@@](C)(c2sc(-c3nnc(-c4cnn(C)c4)o3)cc2Cl)N=C(N)N1C. The summed E-state index contributed by atoms with van der Waals surface area (Å²) in [6, 6.07) is 1.74. The zero-order chi connectivity index (χ0) is 20.3. The van der Waals surface area contributed by atoms with Gasteiger partial charge in [0.2, 0.25) is 5.96 Å². The second-order valence-electron chi connectivity index (χ2n) is 6.76. The number of aromatic nitrogens is 4. The van der Waals surface area contributed by atoms with Gasteiger partial charge in [-0.3, -0.25) is 8.99 Å². The fraction of sp³-hybridized carbons (Fsp3) is 0.312. The zero-order valence-electron chi connectivity index (χ0n) is 15.4. The molecular formula is C16H18ClN7O2S2. The number of guanidine groups is 1.